The quantitative estimate of drug-likeness (QED) is 0.420. The molecule has 0 aliphatic heterocycles. The molecule has 0 atom stereocenters. The summed E-state index contributed by atoms with van der Waals surface area (Å²) in [6.45, 7) is 2.03. The highest BCUT2D eigenvalue weighted by molar-refractivity contribution is 6.43. The van der Waals surface area contributed by atoms with E-state index in [4.69, 9.17) is 4.74 Å². The fraction of sp³-hybridized carbons (Fsp3) is 0.300. The normalized spacial score (nSPS) is 10.9. The predicted octanol–water partition coefficient (Wildman–Crippen LogP) is 0.995. The third-order valence-electron chi connectivity index (χ3n) is 1.61. The van der Waals surface area contributed by atoms with E-state index in [0.29, 0.717) is 12.2 Å². The van der Waals surface area contributed by atoms with Crippen LogP contribution in [0.1, 0.15) is 12.5 Å². The molecule has 0 aromatic carbocycles. The van der Waals surface area contributed by atoms with Crippen molar-refractivity contribution in [2.24, 2.45) is 5.16 Å². The van der Waals surface area contributed by atoms with Crippen LogP contribution in [-0.2, 0) is 14.4 Å². The van der Waals surface area contributed by atoms with Crippen LogP contribution in [0, 0.1) is 0 Å². The summed E-state index contributed by atoms with van der Waals surface area (Å²) in [6, 6.07) is 3.32. The van der Waals surface area contributed by atoms with Crippen molar-refractivity contribution >= 4 is 11.7 Å². The summed E-state index contributed by atoms with van der Waals surface area (Å²) in [5.41, 5.74) is 0.757. The van der Waals surface area contributed by atoms with Gasteiger partial charge in [0.2, 0.25) is 0 Å². The fourth-order valence-electron chi connectivity index (χ4n) is 1.01. The number of carbonyl (C=O) groups is 1. The van der Waals surface area contributed by atoms with Gasteiger partial charge in [-0.05, 0) is 19.1 Å². The molecule has 1 heterocycles. The zero-order chi connectivity index (χ0) is 11.1. The van der Waals surface area contributed by atoms with E-state index in [9.17, 15) is 4.79 Å². The van der Waals surface area contributed by atoms with Crippen LogP contribution in [0.25, 0.3) is 0 Å². The maximum absolute atomic E-state index is 11.5. The lowest BCUT2D eigenvalue weighted by Gasteiger charge is -2.04. The summed E-state index contributed by atoms with van der Waals surface area (Å²) in [7, 11) is 1.38. The van der Waals surface area contributed by atoms with Gasteiger partial charge in [0.1, 0.15) is 7.11 Å². The van der Waals surface area contributed by atoms with Crippen LogP contribution in [0.2, 0.25) is 0 Å². The Bertz CT molecular complexity index is 349. The summed E-state index contributed by atoms with van der Waals surface area (Å²) >= 11 is 0. The second kappa shape index (κ2) is 5.74. The van der Waals surface area contributed by atoms with Gasteiger partial charge in [-0.1, -0.05) is 5.16 Å². The number of hydrogen-bond donors (Lipinski definition) is 0. The van der Waals surface area contributed by atoms with Gasteiger partial charge in [-0.3, -0.25) is 4.98 Å². The molecular formula is C10H12N2O3. The largest absolute Gasteiger partial charge is 0.461 e. The SMILES string of the molecule is CCOC(=O)C(=NOC)c1ccncc1. The Balaban J connectivity index is 2.94. The fourth-order valence-corrected chi connectivity index (χ4v) is 1.01. The summed E-state index contributed by atoms with van der Waals surface area (Å²) < 4.78 is 4.84. The van der Waals surface area contributed by atoms with Crippen LogP contribution in [0.5, 0.6) is 0 Å². The number of rotatable bonds is 4. The summed E-state index contributed by atoms with van der Waals surface area (Å²) in [5, 5.41) is 3.63. The van der Waals surface area contributed by atoms with Crippen LogP contribution in [-0.4, -0.2) is 30.4 Å². The number of oxime groups is 1. The number of aromatic nitrogens is 1. The summed E-state index contributed by atoms with van der Waals surface area (Å²) in [6.07, 6.45) is 3.14. The molecule has 0 radical (unpaired) electrons. The molecule has 0 amide bonds. The molecule has 0 fully saturated rings. The maximum atomic E-state index is 11.5. The van der Waals surface area contributed by atoms with Crippen molar-refractivity contribution in [3.8, 4) is 0 Å². The first-order valence-electron chi connectivity index (χ1n) is 4.48. The lowest BCUT2D eigenvalue weighted by atomic mass is 10.2. The van der Waals surface area contributed by atoms with E-state index >= 15 is 0 Å². The Hall–Kier alpha value is -1.91. The van der Waals surface area contributed by atoms with E-state index in [1.54, 1.807) is 31.5 Å². The molecule has 1 aromatic heterocycles. The van der Waals surface area contributed by atoms with Crippen LogP contribution in [0.15, 0.2) is 29.7 Å². The van der Waals surface area contributed by atoms with Crippen molar-refractivity contribution < 1.29 is 14.4 Å². The van der Waals surface area contributed by atoms with Crippen LogP contribution in [0.3, 0.4) is 0 Å². The maximum Gasteiger partial charge on any atom is 0.361 e. The van der Waals surface area contributed by atoms with Gasteiger partial charge in [0.15, 0.2) is 5.71 Å². The van der Waals surface area contributed by atoms with Gasteiger partial charge in [0.25, 0.3) is 0 Å². The molecule has 0 bridgehead atoms. The van der Waals surface area contributed by atoms with Gasteiger partial charge < -0.3 is 9.57 Å². The molecule has 1 aromatic rings. The first kappa shape index (κ1) is 11.2. The van der Waals surface area contributed by atoms with E-state index in [1.807, 2.05) is 0 Å². The van der Waals surface area contributed by atoms with Crippen LogP contribution < -0.4 is 0 Å². The zero-order valence-electron chi connectivity index (χ0n) is 8.64. The molecular weight excluding hydrogens is 196 g/mol. The van der Waals surface area contributed by atoms with E-state index < -0.39 is 5.97 Å². The molecule has 15 heavy (non-hydrogen) atoms. The number of carbonyl (C=O) groups excluding carboxylic acids is 1. The first-order chi connectivity index (χ1) is 7.29. The molecule has 80 valence electrons. The smallest absolute Gasteiger partial charge is 0.361 e. The Morgan fingerprint density at radius 1 is 1.47 bits per heavy atom. The van der Waals surface area contributed by atoms with Gasteiger partial charge in [-0.25, -0.2) is 4.79 Å². The first-order valence-corrected chi connectivity index (χ1v) is 4.48. The highest BCUT2D eigenvalue weighted by Crippen LogP contribution is 2.02. The number of nitrogens with zero attached hydrogens (tertiary/aromatic N) is 2. The van der Waals surface area contributed by atoms with Crippen LogP contribution in [0.4, 0.5) is 0 Å². The standard InChI is InChI=1S/C10H12N2O3/c1-3-15-10(13)9(12-14-2)8-4-6-11-7-5-8/h4-7H,3H2,1-2H3. The second-order valence-corrected chi connectivity index (χ2v) is 2.58. The molecule has 0 N–H and O–H groups in total. The van der Waals surface area contributed by atoms with Gasteiger partial charge >= 0.3 is 5.97 Å². The Labute approximate surface area is 87.7 Å². The van der Waals surface area contributed by atoms with E-state index in [0.717, 1.165) is 0 Å². The monoisotopic (exact) mass is 208 g/mol. The molecule has 5 nitrogen and oxygen atoms in total. The van der Waals surface area contributed by atoms with E-state index in [-0.39, 0.29) is 5.71 Å². The molecule has 5 heteroatoms. The van der Waals surface area contributed by atoms with E-state index in [1.165, 1.54) is 7.11 Å². The molecule has 0 spiro atoms. The third kappa shape index (κ3) is 3.05. The predicted molar refractivity (Wildman–Crippen MR) is 54.4 cm³/mol. The van der Waals surface area contributed by atoms with Gasteiger partial charge in [0, 0.05) is 18.0 Å². The van der Waals surface area contributed by atoms with Gasteiger partial charge in [-0.15, -0.1) is 0 Å². The molecule has 0 saturated heterocycles. The minimum Gasteiger partial charge on any atom is -0.461 e. The number of hydrogen-bond acceptors (Lipinski definition) is 5. The van der Waals surface area contributed by atoms with Gasteiger partial charge in [0.05, 0.1) is 6.61 Å². The highest BCUT2D eigenvalue weighted by Gasteiger charge is 2.15. The molecule has 0 unspecified atom stereocenters. The Kier molecular flexibility index (Phi) is 4.28. The topological polar surface area (TPSA) is 60.8 Å². The zero-order valence-corrected chi connectivity index (χ0v) is 8.64. The van der Waals surface area contributed by atoms with Crippen molar-refractivity contribution in [3.63, 3.8) is 0 Å². The second-order valence-electron chi connectivity index (χ2n) is 2.58. The summed E-state index contributed by atoms with van der Waals surface area (Å²) in [5.74, 6) is -0.509. The van der Waals surface area contributed by atoms with Crippen molar-refractivity contribution in [1.82, 2.24) is 4.98 Å². The number of ether oxygens (including phenoxy) is 1. The lowest BCUT2D eigenvalue weighted by molar-refractivity contribution is -0.135. The molecule has 0 aliphatic carbocycles. The molecule has 0 aliphatic rings. The number of pyridine rings is 1. The minimum absolute atomic E-state index is 0.141. The average Bonchev–Trinajstić information content (AvgIpc) is 2.27. The lowest BCUT2D eigenvalue weighted by Crippen LogP contribution is -2.19. The van der Waals surface area contributed by atoms with E-state index in [2.05, 4.69) is 15.0 Å². The molecule has 1 rings (SSSR count). The average molecular weight is 208 g/mol. The Morgan fingerprint density at radius 3 is 2.67 bits per heavy atom. The Morgan fingerprint density at radius 2 is 2.13 bits per heavy atom. The van der Waals surface area contributed by atoms with Crippen molar-refractivity contribution in [2.45, 2.75) is 6.92 Å². The van der Waals surface area contributed by atoms with Crippen LogP contribution >= 0.6 is 0 Å². The van der Waals surface area contributed by atoms with Crippen molar-refractivity contribution in [1.29, 1.82) is 0 Å². The highest BCUT2D eigenvalue weighted by atomic mass is 16.6. The van der Waals surface area contributed by atoms with Gasteiger partial charge in [-0.2, -0.15) is 0 Å². The summed E-state index contributed by atoms with van der Waals surface area (Å²) in [4.78, 5) is 19.9. The molecule has 0 saturated carbocycles. The number of esters is 1. The minimum atomic E-state index is -0.509. The van der Waals surface area contributed by atoms with Crippen molar-refractivity contribution in [2.75, 3.05) is 13.7 Å². The third-order valence-corrected chi connectivity index (χ3v) is 1.61. The van der Waals surface area contributed by atoms with Crippen molar-refractivity contribution in [3.05, 3.63) is 30.1 Å².